The van der Waals surface area contributed by atoms with E-state index in [2.05, 4.69) is 19.1 Å². The quantitative estimate of drug-likeness (QED) is 0.310. The number of rotatable bonds is 8. The Bertz CT molecular complexity index is 605. The summed E-state index contributed by atoms with van der Waals surface area (Å²) in [6.07, 6.45) is 21.8. The monoisotopic (exact) mass is 388 g/mol. The number of hydrogen-bond donors (Lipinski definition) is 0. The molecule has 2 aliphatic rings. The topological polar surface area (TPSA) is 0 Å². The van der Waals surface area contributed by atoms with Crippen LogP contribution in [0.4, 0.5) is 8.78 Å². The van der Waals surface area contributed by atoms with Crippen molar-refractivity contribution in [1.82, 2.24) is 0 Å². The van der Waals surface area contributed by atoms with E-state index in [1.165, 1.54) is 82.8 Å². The maximum Gasteiger partial charge on any atom is 0.159 e. The van der Waals surface area contributed by atoms with Crippen molar-refractivity contribution in [2.24, 2.45) is 23.7 Å². The lowest BCUT2D eigenvalue weighted by molar-refractivity contribution is 0.152. The number of halogens is 2. The molecule has 156 valence electrons. The number of unbranched alkanes of at least 4 members (excludes halogenated alkanes) is 2. The fraction of sp³-hybridized carbons (Fsp3) is 0.692. The van der Waals surface area contributed by atoms with Crippen LogP contribution in [-0.4, -0.2) is 0 Å². The molecule has 2 saturated carbocycles. The first-order chi connectivity index (χ1) is 13.7. The Morgan fingerprint density at radius 2 is 1.57 bits per heavy atom. The number of aryl methyl sites for hydroxylation is 1. The van der Waals surface area contributed by atoms with Crippen molar-refractivity contribution >= 4 is 0 Å². The Balaban J connectivity index is 1.34. The number of benzene rings is 1. The van der Waals surface area contributed by atoms with Crippen LogP contribution in [0.3, 0.4) is 0 Å². The third-order valence-electron chi connectivity index (χ3n) is 7.33. The van der Waals surface area contributed by atoms with Crippen molar-refractivity contribution in [1.29, 1.82) is 0 Å². The largest absolute Gasteiger partial charge is 0.204 e. The van der Waals surface area contributed by atoms with E-state index in [9.17, 15) is 8.78 Å². The van der Waals surface area contributed by atoms with Gasteiger partial charge in [-0.25, -0.2) is 8.78 Å². The van der Waals surface area contributed by atoms with Gasteiger partial charge in [-0.3, -0.25) is 0 Å². The van der Waals surface area contributed by atoms with E-state index in [1.807, 2.05) is 0 Å². The highest BCUT2D eigenvalue weighted by atomic mass is 19.2. The predicted octanol–water partition coefficient (Wildman–Crippen LogP) is 8.26. The molecular weight excluding hydrogens is 350 g/mol. The average molecular weight is 389 g/mol. The molecular formula is C26H38F2. The molecule has 0 unspecified atom stereocenters. The first kappa shape index (κ1) is 21.5. The number of allylic oxidation sites excluding steroid dienone is 2. The van der Waals surface area contributed by atoms with Crippen LogP contribution in [-0.2, 0) is 6.42 Å². The van der Waals surface area contributed by atoms with Crippen LogP contribution in [0.25, 0.3) is 0 Å². The smallest absolute Gasteiger partial charge is 0.159 e. The minimum absolute atomic E-state index is 0.711. The highest BCUT2D eigenvalue weighted by Gasteiger charge is 2.30. The van der Waals surface area contributed by atoms with E-state index in [0.717, 1.165) is 42.1 Å². The van der Waals surface area contributed by atoms with Crippen molar-refractivity contribution < 1.29 is 8.78 Å². The Morgan fingerprint density at radius 3 is 2.21 bits per heavy atom. The maximum absolute atomic E-state index is 13.4. The molecule has 0 nitrogen and oxygen atoms in total. The summed E-state index contributed by atoms with van der Waals surface area (Å²) in [6.45, 7) is 2.26. The highest BCUT2D eigenvalue weighted by molar-refractivity contribution is 5.17. The summed E-state index contributed by atoms with van der Waals surface area (Å²) in [5.74, 6) is 2.03. The Kier molecular flexibility index (Phi) is 8.55. The summed E-state index contributed by atoms with van der Waals surface area (Å²) in [5.41, 5.74) is 0.936. The molecule has 0 radical (unpaired) electrons. The lowest BCUT2D eigenvalue weighted by atomic mass is 9.68. The van der Waals surface area contributed by atoms with Crippen molar-refractivity contribution in [2.75, 3.05) is 0 Å². The fourth-order valence-corrected chi connectivity index (χ4v) is 5.43. The van der Waals surface area contributed by atoms with Crippen molar-refractivity contribution in [3.05, 3.63) is 47.5 Å². The molecule has 2 heteroatoms. The van der Waals surface area contributed by atoms with Gasteiger partial charge in [0.25, 0.3) is 0 Å². The van der Waals surface area contributed by atoms with Gasteiger partial charge in [0, 0.05) is 0 Å². The van der Waals surface area contributed by atoms with Gasteiger partial charge >= 0.3 is 0 Å². The van der Waals surface area contributed by atoms with Crippen molar-refractivity contribution in [2.45, 2.75) is 90.4 Å². The van der Waals surface area contributed by atoms with Gasteiger partial charge < -0.3 is 0 Å². The second-order valence-corrected chi connectivity index (χ2v) is 9.31. The van der Waals surface area contributed by atoms with Crippen LogP contribution in [0, 0.1) is 35.3 Å². The van der Waals surface area contributed by atoms with Crippen molar-refractivity contribution in [3.8, 4) is 0 Å². The minimum atomic E-state index is -0.740. The van der Waals surface area contributed by atoms with E-state index in [4.69, 9.17) is 0 Å². The van der Waals surface area contributed by atoms with Crippen LogP contribution >= 0.6 is 0 Å². The third-order valence-corrected chi connectivity index (χ3v) is 7.33. The molecule has 1 aromatic carbocycles. The van der Waals surface area contributed by atoms with Gasteiger partial charge in [-0.1, -0.05) is 50.8 Å². The molecule has 0 N–H and O–H groups in total. The van der Waals surface area contributed by atoms with Gasteiger partial charge in [0.1, 0.15) is 0 Å². The van der Waals surface area contributed by atoms with Crippen molar-refractivity contribution in [3.63, 3.8) is 0 Å². The molecule has 0 spiro atoms. The fourth-order valence-electron chi connectivity index (χ4n) is 5.43. The first-order valence-electron chi connectivity index (χ1n) is 11.8. The molecule has 0 amide bonds. The zero-order valence-corrected chi connectivity index (χ0v) is 17.6. The lowest BCUT2D eigenvalue weighted by Gasteiger charge is -2.37. The molecule has 28 heavy (non-hydrogen) atoms. The molecule has 0 bridgehead atoms. The van der Waals surface area contributed by atoms with Crippen LogP contribution in [0.2, 0.25) is 0 Å². The zero-order valence-electron chi connectivity index (χ0n) is 17.6. The summed E-state index contributed by atoms with van der Waals surface area (Å²) < 4.78 is 26.4. The van der Waals surface area contributed by atoms with Gasteiger partial charge in [-0.15, -0.1) is 0 Å². The van der Waals surface area contributed by atoms with Crippen LogP contribution < -0.4 is 0 Å². The van der Waals surface area contributed by atoms with Gasteiger partial charge in [0.05, 0.1) is 0 Å². The summed E-state index contributed by atoms with van der Waals surface area (Å²) in [6, 6.07) is 4.37. The summed E-state index contributed by atoms with van der Waals surface area (Å²) in [4.78, 5) is 0. The standard InChI is InChI=1S/C26H38F2/c1-2-3-4-5-6-20-9-14-23(15-10-20)24-16-11-21(12-17-24)7-8-22-13-18-25(27)26(28)19-22/h5-6,13,18-21,23-24H,2-4,7-12,14-17H2,1H3/b6-5+. The molecule has 0 aliphatic heterocycles. The lowest BCUT2D eigenvalue weighted by Crippen LogP contribution is -2.25. The summed E-state index contributed by atoms with van der Waals surface area (Å²) in [5, 5.41) is 0. The Hall–Kier alpha value is -1.18. The van der Waals surface area contributed by atoms with E-state index < -0.39 is 11.6 Å². The van der Waals surface area contributed by atoms with Gasteiger partial charge in [0.15, 0.2) is 11.6 Å². The SMILES string of the molecule is CCCC/C=C/C1CCC(C2CCC(CCc3ccc(F)c(F)c3)CC2)CC1. The van der Waals surface area contributed by atoms with Crippen LogP contribution in [0.5, 0.6) is 0 Å². The molecule has 2 fully saturated rings. The normalized spacial score (nSPS) is 28.7. The maximum atomic E-state index is 13.4. The molecule has 0 atom stereocenters. The van der Waals surface area contributed by atoms with E-state index in [1.54, 1.807) is 6.07 Å². The predicted molar refractivity (Wildman–Crippen MR) is 114 cm³/mol. The van der Waals surface area contributed by atoms with Crippen LogP contribution in [0.15, 0.2) is 30.4 Å². The molecule has 0 heterocycles. The van der Waals surface area contributed by atoms with Gasteiger partial charge in [0.2, 0.25) is 0 Å². The van der Waals surface area contributed by atoms with E-state index in [0.29, 0.717) is 0 Å². The summed E-state index contributed by atoms with van der Waals surface area (Å²) >= 11 is 0. The minimum Gasteiger partial charge on any atom is -0.204 e. The Labute approximate surface area is 170 Å². The Morgan fingerprint density at radius 1 is 0.893 bits per heavy atom. The average Bonchev–Trinajstić information content (AvgIpc) is 2.73. The molecule has 3 rings (SSSR count). The first-order valence-corrected chi connectivity index (χ1v) is 11.8. The molecule has 0 aromatic heterocycles. The molecule has 1 aromatic rings. The molecule has 0 saturated heterocycles. The van der Waals surface area contributed by atoms with E-state index >= 15 is 0 Å². The molecule has 2 aliphatic carbocycles. The van der Waals surface area contributed by atoms with Gasteiger partial charge in [-0.2, -0.15) is 0 Å². The second-order valence-electron chi connectivity index (χ2n) is 9.31. The summed E-state index contributed by atoms with van der Waals surface area (Å²) in [7, 11) is 0. The second kappa shape index (κ2) is 11.1. The van der Waals surface area contributed by atoms with Crippen LogP contribution in [0.1, 0.15) is 89.5 Å². The number of hydrogen-bond acceptors (Lipinski definition) is 0. The third kappa shape index (κ3) is 6.42. The van der Waals surface area contributed by atoms with Gasteiger partial charge in [-0.05, 0) is 99.2 Å². The highest BCUT2D eigenvalue weighted by Crippen LogP contribution is 2.42. The van der Waals surface area contributed by atoms with E-state index in [-0.39, 0.29) is 0 Å². The zero-order chi connectivity index (χ0) is 19.8.